The molecule has 4 rings (SSSR count). The Labute approximate surface area is 345 Å². The van der Waals surface area contributed by atoms with Crippen LogP contribution in [0, 0.1) is 46.3 Å². The van der Waals surface area contributed by atoms with Crippen molar-refractivity contribution in [1.29, 1.82) is 0 Å². The number of esters is 1. The zero-order chi connectivity index (χ0) is 41.1. The van der Waals surface area contributed by atoms with Crippen molar-refractivity contribution in [1.82, 2.24) is 10.2 Å². The fourth-order valence-electron chi connectivity index (χ4n) is 12.1. The average Bonchev–Trinajstić information content (AvgIpc) is 3.52. The molecule has 0 radical (unpaired) electrons. The number of rotatable bonds is 24. The molecule has 3 fully saturated rings. The maximum Gasteiger partial charge on any atom is 0.306 e. The lowest BCUT2D eigenvalue weighted by Gasteiger charge is -2.58. The van der Waals surface area contributed by atoms with Crippen LogP contribution in [0.4, 0.5) is 0 Å². The summed E-state index contributed by atoms with van der Waals surface area (Å²) in [5.74, 6) is 4.98. The second-order valence-electron chi connectivity index (χ2n) is 20.9. The van der Waals surface area contributed by atoms with Crippen LogP contribution in [0.3, 0.4) is 0 Å². The number of carbonyl (C=O) groups is 2. The van der Waals surface area contributed by atoms with Crippen molar-refractivity contribution in [3.8, 4) is 0 Å². The van der Waals surface area contributed by atoms with Crippen LogP contribution in [0.15, 0.2) is 11.6 Å². The van der Waals surface area contributed by atoms with E-state index in [1.165, 1.54) is 51.4 Å². The molecule has 0 saturated heterocycles. The standard InChI is InChI=1S/C49H90N4O3/c1-10-46(7,50)29-32-52-31-13-14-33-53(34-30-49(51,11-2)12-3)44(54)19-16-20-45(55)56-39-25-27-47(8)38(35-39)21-22-40-42-24-23-41(37(6)18-15-17-36(4)5)48(42,9)28-26-43(40)47/h21,36-37,39-43,52H,10-20,22-35,50-51H2,1-9H3/t37-,39+,40+,41-,42+,43+,46?,47+,48-/m1/s1. The molecule has 0 spiro atoms. The van der Waals surface area contributed by atoms with E-state index in [-0.39, 0.29) is 34.5 Å². The fourth-order valence-corrected chi connectivity index (χ4v) is 12.1. The van der Waals surface area contributed by atoms with Crippen LogP contribution in [0.2, 0.25) is 0 Å². The van der Waals surface area contributed by atoms with E-state index < -0.39 is 0 Å². The Morgan fingerprint density at radius 1 is 0.875 bits per heavy atom. The Hall–Kier alpha value is -1.44. The van der Waals surface area contributed by atoms with E-state index in [1.807, 2.05) is 4.90 Å². The fraction of sp³-hybridized carbons (Fsp3) is 0.918. The monoisotopic (exact) mass is 783 g/mol. The summed E-state index contributed by atoms with van der Waals surface area (Å²) in [6.45, 7) is 24.3. The number of nitrogens with two attached hydrogens (primary N) is 2. The third-order valence-corrected chi connectivity index (χ3v) is 16.7. The molecular formula is C49H90N4O3. The van der Waals surface area contributed by atoms with Gasteiger partial charge >= 0.3 is 5.97 Å². The van der Waals surface area contributed by atoms with Crippen LogP contribution < -0.4 is 16.8 Å². The van der Waals surface area contributed by atoms with Crippen molar-refractivity contribution in [2.45, 2.75) is 214 Å². The number of carbonyl (C=O) groups excluding carboxylic acids is 2. The second kappa shape index (κ2) is 21.2. The molecule has 0 aromatic rings. The highest BCUT2D eigenvalue weighted by molar-refractivity contribution is 5.77. The first kappa shape index (κ1) is 47.2. The SMILES string of the molecule is CCC(C)(N)CCNCCCCN(CCC(N)(CC)CC)C(=O)CCCC(=O)O[C@H]1CC[C@@]2(C)C(=CC[C@H]3[C@@H]4CC[C@H]([C@H](C)CCCC(C)C)[C@@]4(C)CC[C@@H]32)C1. The smallest absolute Gasteiger partial charge is 0.306 e. The lowest BCUT2D eigenvalue weighted by atomic mass is 9.47. The van der Waals surface area contributed by atoms with Crippen LogP contribution in [0.5, 0.6) is 0 Å². The summed E-state index contributed by atoms with van der Waals surface area (Å²) in [6, 6.07) is 0. The predicted octanol–water partition coefficient (Wildman–Crippen LogP) is 10.7. The van der Waals surface area contributed by atoms with E-state index in [9.17, 15) is 9.59 Å². The van der Waals surface area contributed by atoms with Gasteiger partial charge in [-0.05, 0) is 163 Å². The van der Waals surface area contributed by atoms with Gasteiger partial charge in [-0.25, -0.2) is 0 Å². The summed E-state index contributed by atoms with van der Waals surface area (Å²) >= 11 is 0. The lowest BCUT2D eigenvalue weighted by molar-refractivity contribution is -0.151. The molecule has 4 aliphatic rings. The summed E-state index contributed by atoms with van der Waals surface area (Å²) in [5.41, 5.74) is 14.9. The predicted molar refractivity (Wildman–Crippen MR) is 235 cm³/mol. The highest BCUT2D eigenvalue weighted by Crippen LogP contribution is 2.67. The number of allylic oxidation sites excluding steroid dienone is 1. The molecule has 0 aromatic heterocycles. The van der Waals surface area contributed by atoms with Crippen LogP contribution in [0.25, 0.3) is 0 Å². The van der Waals surface area contributed by atoms with Crippen LogP contribution in [-0.4, -0.2) is 60.1 Å². The van der Waals surface area contributed by atoms with Crippen molar-refractivity contribution in [3.63, 3.8) is 0 Å². The van der Waals surface area contributed by atoms with Gasteiger partial charge in [0.1, 0.15) is 6.10 Å². The number of unbranched alkanes of at least 4 members (excludes halogenated alkanes) is 1. The van der Waals surface area contributed by atoms with Gasteiger partial charge in [-0.2, -0.15) is 0 Å². The normalized spacial score (nSPS) is 30.5. The van der Waals surface area contributed by atoms with E-state index in [1.54, 1.807) is 5.57 Å². The third-order valence-electron chi connectivity index (χ3n) is 16.7. The highest BCUT2D eigenvalue weighted by atomic mass is 16.5. The maximum absolute atomic E-state index is 13.5. The Morgan fingerprint density at radius 3 is 2.32 bits per heavy atom. The Balaban J connectivity index is 1.23. The summed E-state index contributed by atoms with van der Waals surface area (Å²) in [7, 11) is 0. The zero-order valence-corrected chi connectivity index (χ0v) is 38.1. The summed E-state index contributed by atoms with van der Waals surface area (Å²) in [4.78, 5) is 28.7. The van der Waals surface area contributed by atoms with Crippen molar-refractivity contribution in [2.75, 3.05) is 26.2 Å². The first-order chi connectivity index (χ1) is 26.5. The zero-order valence-electron chi connectivity index (χ0n) is 38.1. The minimum atomic E-state index is -0.245. The number of amides is 1. The van der Waals surface area contributed by atoms with Crippen molar-refractivity contribution in [3.05, 3.63) is 11.6 Å². The number of ether oxygens (including phenoxy) is 1. The molecule has 4 aliphatic carbocycles. The number of hydrogen-bond acceptors (Lipinski definition) is 6. The van der Waals surface area contributed by atoms with E-state index in [2.05, 4.69) is 73.7 Å². The molecule has 1 unspecified atom stereocenters. The number of nitrogens with one attached hydrogen (secondary N) is 1. The Morgan fingerprint density at radius 2 is 1.62 bits per heavy atom. The molecule has 0 aliphatic heterocycles. The van der Waals surface area contributed by atoms with Gasteiger partial charge in [0.25, 0.3) is 0 Å². The van der Waals surface area contributed by atoms with Gasteiger partial charge in [0.15, 0.2) is 0 Å². The minimum Gasteiger partial charge on any atom is -0.462 e. The second-order valence-corrected chi connectivity index (χ2v) is 20.9. The Kier molecular flexibility index (Phi) is 17.9. The highest BCUT2D eigenvalue weighted by Gasteiger charge is 2.59. The third kappa shape index (κ3) is 12.3. The maximum atomic E-state index is 13.5. The van der Waals surface area contributed by atoms with E-state index in [0.29, 0.717) is 31.2 Å². The molecule has 56 heavy (non-hydrogen) atoms. The van der Waals surface area contributed by atoms with Gasteiger partial charge < -0.3 is 26.4 Å². The summed E-state index contributed by atoms with van der Waals surface area (Å²) < 4.78 is 6.16. The van der Waals surface area contributed by atoms with Gasteiger partial charge in [0, 0.05) is 43.4 Å². The topological polar surface area (TPSA) is 111 Å². The molecule has 1 amide bonds. The molecule has 0 aromatic carbocycles. The lowest BCUT2D eigenvalue weighted by Crippen LogP contribution is -2.51. The molecule has 7 heteroatoms. The minimum absolute atomic E-state index is 0.0306. The number of nitrogens with zero attached hydrogens (tertiary/aromatic N) is 1. The van der Waals surface area contributed by atoms with Gasteiger partial charge in [0.05, 0.1) is 0 Å². The van der Waals surface area contributed by atoms with Crippen molar-refractivity contribution in [2.24, 2.45) is 57.8 Å². The Bertz CT molecular complexity index is 1260. The molecule has 0 bridgehead atoms. The summed E-state index contributed by atoms with van der Waals surface area (Å²) in [6.07, 6.45) is 24.2. The van der Waals surface area contributed by atoms with Crippen molar-refractivity contribution >= 4 is 11.9 Å². The first-order valence-electron chi connectivity index (χ1n) is 24.0. The van der Waals surface area contributed by atoms with Gasteiger partial charge in [-0.15, -0.1) is 0 Å². The quantitative estimate of drug-likeness (QED) is 0.0511. The van der Waals surface area contributed by atoms with Gasteiger partial charge in [-0.1, -0.05) is 86.3 Å². The molecule has 7 nitrogen and oxygen atoms in total. The number of hydrogen-bond donors (Lipinski definition) is 3. The van der Waals surface area contributed by atoms with Crippen molar-refractivity contribution < 1.29 is 14.3 Å². The average molecular weight is 783 g/mol. The van der Waals surface area contributed by atoms with Crippen LogP contribution in [0.1, 0.15) is 197 Å². The van der Waals surface area contributed by atoms with Crippen LogP contribution in [-0.2, 0) is 14.3 Å². The molecule has 0 heterocycles. The molecule has 324 valence electrons. The largest absolute Gasteiger partial charge is 0.462 e. The van der Waals surface area contributed by atoms with E-state index in [4.69, 9.17) is 16.2 Å². The molecule has 9 atom stereocenters. The first-order valence-corrected chi connectivity index (χ1v) is 24.0. The molecular weight excluding hydrogens is 693 g/mol. The van der Waals surface area contributed by atoms with Gasteiger partial charge in [-0.3, -0.25) is 9.59 Å². The molecule has 3 saturated carbocycles. The summed E-state index contributed by atoms with van der Waals surface area (Å²) in [5, 5.41) is 3.53. The molecule has 5 N–H and O–H groups in total. The van der Waals surface area contributed by atoms with Crippen LogP contribution >= 0.6 is 0 Å². The van der Waals surface area contributed by atoms with Gasteiger partial charge in [0.2, 0.25) is 5.91 Å². The van der Waals surface area contributed by atoms with E-state index >= 15 is 0 Å². The number of fused-ring (bicyclic) bond motifs is 5. The van der Waals surface area contributed by atoms with E-state index in [0.717, 1.165) is 119 Å².